The van der Waals surface area contributed by atoms with E-state index in [0.717, 1.165) is 36.1 Å². The molecule has 0 fully saturated rings. The maximum Gasteiger partial charge on any atom is 0.161 e. The van der Waals surface area contributed by atoms with E-state index in [-0.39, 0.29) is 41.8 Å². The number of hydrogen-bond acceptors (Lipinski definition) is 9. The summed E-state index contributed by atoms with van der Waals surface area (Å²) in [7, 11) is 0. The first-order chi connectivity index (χ1) is 23.2. The number of phenolic OH excluding ortho intramolecular Hbond substituents is 1. The molecule has 10 heteroatoms. The minimum Gasteiger partial charge on any atom is -0.504 e. The molecule has 2 aromatic rings. The van der Waals surface area contributed by atoms with Crippen LogP contribution in [0.4, 0.5) is 0 Å². The van der Waals surface area contributed by atoms with E-state index in [9.17, 15) is 30.6 Å². The highest BCUT2D eigenvalue weighted by atomic mass is 16.5. The molecule has 2 aliphatic carbocycles. The Hall–Kier alpha value is -3.72. The standard InChI is InChI=1S/C38H51N3O7/c39-37-22-28(13-16-41-37)29(18-30-5-3-15-40-30)21-36(34(47)23-43)48-35-20-27(11-12-31(35)44)26-10-9-25-8-7-24(14-17-42)4-1-2-6-32(45)38(25)33(46)19-26/h3,5,9-13,15,20,22,24-26,29,32-34,36,38,40-47H,1-2,4,6,14,16-19,21,23,39H2. The van der Waals surface area contributed by atoms with Crippen molar-refractivity contribution in [2.75, 3.05) is 19.8 Å². The van der Waals surface area contributed by atoms with Crippen LogP contribution in [0.2, 0.25) is 0 Å². The van der Waals surface area contributed by atoms with Crippen molar-refractivity contribution < 1.29 is 35.4 Å². The number of H-pyrrole nitrogens is 1. The second-order valence-corrected chi connectivity index (χ2v) is 13.4. The fourth-order valence-electron chi connectivity index (χ4n) is 7.26. The second-order valence-electron chi connectivity index (χ2n) is 13.4. The van der Waals surface area contributed by atoms with Gasteiger partial charge in [0.15, 0.2) is 11.5 Å². The van der Waals surface area contributed by atoms with Gasteiger partial charge in [-0.2, -0.15) is 0 Å². The average molecular weight is 662 g/mol. The highest BCUT2D eigenvalue weighted by molar-refractivity contribution is 5.44. The first-order valence-electron chi connectivity index (χ1n) is 17.2. The van der Waals surface area contributed by atoms with Gasteiger partial charge in [0.25, 0.3) is 0 Å². The number of fused-ring (bicyclic) bond motifs is 1. The Kier molecular flexibility index (Phi) is 12.7. The minimum atomic E-state index is -1.22. The van der Waals surface area contributed by atoms with Crippen LogP contribution in [0.5, 0.6) is 11.5 Å². The summed E-state index contributed by atoms with van der Waals surface area (Å²) in [6.45, 7) is 0.123. The predicted molar refractivity (Wildman–Crippen MR) is 184 cm³/mol. The number of phenols is 1. The van der Waals surface area contributed by atoms with Crippen molar-refractivity contribution in [3.63, 3.8) is 0 Å². The third-order valence-corrected chi connectivity index (χ3v) is 9.97. The number of aromatic nitrogens is 1. The van der Waals surface area contributed by atoms with E-state index < -0.39 is 36.9 Å². The lowest BCUT2D eigenvalue weighted by atomic mass is 9.79. The fourth-order valence-corrected chi connectivity index (χ4v) is 7.26. The number of dihydropyridines is 1. The number of aromatic amines is 1. The summed E-state index contributed by atoms with van der Waals surface area (Å²) in [5, 5.41) is 67.1. The van der Waals surface area contributed by atoms with Crippen LogP contribution in [0.15, 0.2) is 72.2 Å². The number of ether oxygens (including phenoxy) is 1. The topological polar surface area (TPSA) is 184 Å². The molecule has 9 unspecified atom stereocenters. The van der Waals surface area contributed by atoms with Crippen molar-refractivity contribution in [1.82, 2.24) is 10.3 Å². The monoisotopic (exact) mass is 661 g/mol. The van der Waals surface area contributed by atoms with Gasteiger partial charge in [-0.15, -0.1) is 0 Å². The minimum absolute atomic E-state index is 0.0759. The van der Waals surface area contributed by atoms with E-state index >= 15 is 0 Å². The van der Waals surface area contributed by atoms with Gasteiger partial charge < -0.3 is 51.4 Å². The maximum absolute atomic E-state index is 11.5. The van der Waals surface area contributed by atoms with Crippen LogP contribution >= 0.6 is 0 Å². The molecule has 10 N–H and O–H groups in total. The van der Waals surface area contributed by atoms with Gasteiger partial charge in [0.05, 0.1) is 24.6 Å². The van der Waals surface area contributed by atoms with Crippen LogP contribution in [-0.2, 0) is 6.42 Å². The van der Waals surface area contributed by atoms with Crippen molar-refractivity contribution in [1.29, 1.82) is 0 Å². The van der Waals surface area contributed by atoms with Crippen molar-refractivity contribution in [2.24, 2.45) is 29.4 Å². The van der Waals surface area contributed by atoms with Gasteiger partial charge in [0, 0.05) is 48.7 Å². The Bertz CT molecular complexity index is 1480. The Morgan fingerprint density at radius 3 is 2.62 bits per heavy atom. The second kappa shape index (κ2) is 17.1. The van der Waals surface area contributed by atoms with E-state index in [1.54, 1.807) is 18.2 Å². The summed E-state index contributed by atoms with van der Waals surface area (Å²) in [6.07, 6.45) is 11.3. The number of nitrogens with one attached hydrogen (secondary N) is 2. The molecule has 1 aromatic heterocycles. The van der Waals surface area contributed by atoms with Gasteiger partial charge in [-0.3, -0.25) is 0 Å². The molecule has 10 nitrogen and oxygen atoms in total. The zero-order valence-corrected chi connectivity index (χ0v) is 27.4. The molecule has 0 spiro atoms. The van der Waals surface area contributed by atoms with Gasteiger partial charge in [0.1, 0.15) is 12.2 Å². The number of benzene rings is 1. The molecule has 1 aliphatic heterocycles. The highest BCUT2D eigenvalue weighted by Gasteiger charge is 2.36. The number of nitrogens with two attached hydrogens (primary N) is 1. The summed E-state index contributed by atoms with van der Waals surface area (Å²) in [5.41, 5.74) is 8.88. The number of hydrogen-bond donors (Lipinski definition) is 9. The first-order valence-corrected chi connectivity index (χ1v) is 17.2. The van der Waals surface area contributed by atoms with Crippen LogP contribution in [0.3, 0.4) is 0 Å². The highest BCUT2D eigenvalue weighted by Crippen LogP contribution is 2.39. The van der Waals surface area contributed by atoms with Gasteiger partial charge in [0.2, 0.25) is 0 Å². The molecule has 48 heavy (non-hydrogen) atoms. The van der Waals surface area contributed by atoms with Gasteiger partial charge >= 0.3 is 0 Å². The van der Waals surface area contributed by atoms with E-state index in [1.165, 1.54) is 0 Å². The molecule has 2 heterocycles. The molecule has 9 atom stereocenters. The van der Waals surface area contributed by atoms with Crippen molar-refractivity contribution >= 4 is 0 Å². The summed E-state index contributed by atoms with van der Waals surface area (Å²) >= 11 is 0. The average Bonchev–Trinajstić information content (AvgIpc) is 3.53. The van der Waals surface area contributed by atoms with E-state index in [2.05, 4.69) is 22.1 Å². The Morgan fingerprint density at radius 2 is 1.88 bits per heavy atom. The summed E-state index contributed by atoms with van der Waals surface area (Å²) in [4.78, 5) is 3.24. The molecule has 0 bridgehead atoms. The Morgan fingerprint density at radius 1 is 1.04 bits per heavy atom. The third kappa shape index (κ3) is 9.24. The molecular weight excluding hydrogens is 610 g/mol. The van der Waals surface area contributed by atoms with Crippen LogP contribution in [-0.4, -0.2) is 79.8 Å². The number of allylic oxidation sites excluding steroid dienone is 4. The van der Waals surface area contributed by atoms with Gasteiger partial charge in [-0.25, -0.2) is 0 Å². The predicted octanol–water partition coefficient (Wildman–Crippen LogP) is 2.97. The molecule has 0 amide bonds. The quantitative estimate of drug-likeness (QED) is 0.122. The molecule has 5 rings (SSSR count). The van der Waals surface area contributed by atoms with E-state index in [1.807, 2.05) is 42.6 Å². The van der Waals surface area contributed by atoms with Gasteiger partial charge in [-0.1, -0.05) is 49.0 Å². The summed E-state index contributed by atoms with van der Waals surface area (Å²) in [6, 6.07) is 8.96. The molecule has 1 aromatic carbocycles. The third-order valence-electron chi connectivity index (χ3n) is 9.97. The Balaban J connectivity index is 1.39. The first kappa shape index (κ1) is 35.6. The Labute approximate surface area is 283 Å². The van der Waals surface area contributed by atoms with Crippen LogP contribution in [0, 0.1) is 35.5 Å². The zero-order chi connectivity index (χ0) is 34.0. The number of aliphatic hydroxyl groups excluding tert-OH is 5. The van der Waals surface area contributed by atoms with Crippen molar-refractivity contribution in [3.8, 4) is 23.3 Å². The summed E-state index contributed by atoms with van der Waals surface area (Å²) in [5.74, 6) is 6.16. The lowest BCUT2D eigenvalue weighted by molar-refractivity contribution is -0.0105. The zero-order valence-electron chi connectivity index (χ0n) is 27.4. The summed E-state index contributed by atoms with van der Waals surface area (Å²) < 4.78 is 6.33. The fraction of sp³-hybridized carbons (Fsp3) is 0.526. The number of rotatable bonds is 12. The van der Waals surface area contributed by atoms with Crippen LogP contribution < -0.4 is 15.8 Å². The molecule has 0 saturated carbocycles. The van der Waals surface area contributed by atoms with Crippen molar-refractivity contribution in [2.45, 2.75) is 81.7 Å². The largest absolute Gasteiger partial charge is 0.504 e. The molecular formula is C38H51N3O7. The van der Waals surface area contributed by atoms with Crippen molar-refractivity contribution in [3.05, 3.63) is 83.5 Å². The van der Waals surface area contributed by atoms with E-state index in [0.29, 0.717) is 44.5 Å². The van der Waals surface area contributed by atoms with Gasteiger partial charge in [-0.05, 0) is 85.9 Å². The molecule has 260 valence electrons. The maximum atomic E-state index is 11.5. The lowest BCUT2D eigenvalue weighted by Crippen LogP contribution is -2.37. The van der Waals surface area contributed by atoms with Crippen LogP contribution in [0.25, 0.3) is 0 Å². The van der Waals surface area contributed by atoms with E-state index in [4.69, 9.17) is 10.5 Å². The van der Waals surface area contributed by atoms with Crippen LogP contribution in [0.1, 0.15) is 62.1 Å². The number of aliphatic hydroxyl groups is 5. The smallest absolute Gasteiger partial charge is 0.161 e. The lowest BCUT2D eigenvalue weighted by Gasteiger charge is -2.31. The molecule has 3 aliphatic rings. The normalized spacial score (nSPS) is 27.9. The number of aromatic hydroxyl groups is 1. The molecule has 0 radical (unpaired) electrons. The SMILES string of the molecule is NC1=CC(C(Cc2ccc[nH]2)CC(Oc2cc(C3C=CC4C#CC(CCO)CCCCC(O)C4C(O)C3)ccc2O)C(O)CO)=CCN1. The molecule has 0 saturated heterocycles.